The lowest BCUT2D eigenvalue weighted by Gasteiger charge is -2.28. The Balaban J connectivity index is 1.72. The molecule has 2 N–H and O–H groups in total. The summed E-state index contributed by atoms with van der Waals surface area (Å²) in [5, 5.41) is 0. The van der Waals surface area contributed by atoms with E-state index in [2.05, 4.69) is 41.1 Å². The van der Waals surface area contributed by atoms with Gasteiger partial charge in [-0.05, 0) is 77.1 Å². The smallest absolute Gasteiger partial charge is 0.133 e. The first-order valence-electron chi connectivity index (χ1n) is 7.87. The Bertz CT molecular complexity index is 476. The molecule has 2 fully saturated rings. The highest BCUT2D eigenvalue weighted by atomic mass is 79.9. The first kappa shape index (κ1) is 14.4. The van der Waals surface area contributed by atoms with E-state index in [0.29, 0.717) is 5.92 Å². The van der Waals surface area contributed by atoms with E-state index in [1.165, 1.54) is 31.2 Å². The first-order valence-corrected chi connectivity index (χ1v) is 8.66. The van der Waals surface area contributed by atoms with Crippen LogP contribution in [0.3, 0.4) is 0 Å². The summed E-state index contributed by atoms with van der Waals surface area (Å²) in [7, 11) is 0. The van der Waals surface area contributed by atoms with Crippen molar-refractivity contribution in [3.05, 3.63) is 28.2 Å². The molecule has 1 aromatic rings. The standard InChI is InChI=1S/C17H24BrNO/c1-2-7-20-16-6-5-13(10-15(16)18)17(19)14-9-11-3-4-12(14)8-11/h5-6,10-12,14,17H,2-4,7-9,19H2,1H3. The van der Waals surface area contributed by atoms with E-state index in [-0.39, 0.29) is 6.04 Å². The third kappa shape index (κ3) is 2.75. The van der Waals surface area contributed by atoms with Crippen molar-refractivity contribution in [2.75, 3.05) is 6.61 Å². The van der Waals surface area contributed by atoms with Gasteiger partial charge in [-0.3, -0.25) is 0 Å². The van der Waals surface area contributed by atoms with Crippen LogP contribution in [0.5, 0.6) is 5.75 Å². The van der Waals surface area contributed by atoms with Gasteiger partial charge in [-0.15, -0.1) is 0 Å². The molecule has 0 heterocycles. The predicted molar refractivity (Wildman–Crippen MR) is 85.8 cm³/mol. The van der Waals surface area contributed by atoms with Gasteiger partial charge in [0, 0.05) is 6.04 Å². The molecule has 1 aromatic carbocycles. The quantitative estimate of drug-likeness (QED) is 0.846. The minimum atomic E-state index is 0.182. The zero-order chi connectivity index (χ0) is 14.1. The summed E-state index contributed by atoms with van der Waals surface area (Å²) in [5.41, 5.74) is 7.79. The Morgan fingerprint density at radius 2 is 2.20 bits per heavy atom. The molecular weight excluding hydrogens is 314 g/mol. The van der Waals surface area contributed by atoms with Gasteiger partial charge in [0.2, 0.25) is 0 Å². The highest BCUT2D eigenvalue weighted by Crippen LogP contribution is 2.52. The number of nitrogens with two attached hydrogens (primary N) is 1. The normalized spacial score (nSPS) is 29.6. The molecule has 0 saturated heterocycles. The van der Waals surface area contributed by atoms with Crippen LogP contribution in [0.25, 0.3) is 0 Å². The number of hydrogen-bond donors (Lipinski definition) is 1. The Labute approximate surface area is 130 Å². The second-order valence-electron chi connectivity index (χ2n) is 6.40. The number of hydrogen-bond acceptors (Lipinski definition) is 2. The number of benzene rings is 1. The summed E-state index contributed by atoms with van der Waals surface area (Å²) >= 11 is 3.61. The van der Waals surface area contributed by atoms with Crippen molar-refractivity contribution in [2.45, 2.75) is 45.1 Å². The minimum absolute atomic E-state index is 0.182. The molecule has 3 heteroatoms. The SMILES string of the molecule is CCCOc1ccc(C(N)C2CC3CCC2C3)cc1Br. The number of rotatable bonds is 5. The number of ether oxygens (including phenoxy) is 1. The van der Waals surface area contributed by atoms with E-state index in [1.54, 1.807) is 0 Å². The Morgan fingerprint density at radius 1 is 1.35 bits per heavy atom. The van der Waals surface area contributed by atoms with Crippen molar-refractivity contribution in [2.24, 2.45) is 23.5 Å². The van der Waals surface area contributed by atoms with E-state index in [9.17, 15) is 0 Å². The van der Waals surface area contributed by atoms with Gasteiger partial charge in [-0.25, -0.2) is 0 Å². The Hall–Kier alpha value is -0.540. The molecule has 2 saturated carbocycles. The molecular formula is C17H24BrNO. The van der Waals surface area contributed by atoms with Crippen molar-refractivity contribution >= 4 is 15.9 Å². The van der Waals surface area contributed by atoms with Gasteiger partial charge in [0.25, 0.3) is 0 Å². The third-order valence-corrected chi connectivity index (χ3v) is 5.68. The monoisotopic (exact) mass is 337 g/mol. The molecule has 2 bridgehead atoms. The molecule has 0 aromatic heterocycles. The van der Waals surface area contributed by atoms with Crippen LogP contribution < -0.4 is 10.5 Å². The van der Waals surface area contributed by atoms with Crippen LogP contribution in [0.4, 0.5) is 0 Å². The summed E-state index contributed by atoms with van der Waals surface area (Å²) in [6, 6.07) is 6.54. The summed E-state index contributed by atoms with van der Waals surface area (Å²) in [4.78, 5) is 0. The Morgan fingerprint density at radius 3 is 2.80 bits per heavy atom. The molecule has 3 rings (SSSR count). The fraction of sp³-hybridized carbons (Fsp3) is 0.647. The van der Waals surface area contributed by atoms with Gasteiger partial charge in [0.05, 0.1) is 11.1 Å². The molecule has 0 amide bonds. The average molecular weight is 338 g/mol. The van der Waals surface area contributed by atoms with Gasteiger partial charge < -0.3 is 10.5 Å². The van der Waals surface area contributed by atoms with Gasteiger partial charge >= 0.3 is 0 Å². The summed E-state index contributed by atoms with van der Waals surface area (Å²) in [6.45, 7) is 2.88. The zero-order valence-electron chi connectivity index (χ0n) is 12.1. The number of halogens is 1. The third-order valence-electron chi connectivity index (χ3n) is 5.06. The van der Waals surface area contributed by atoms with Gasteiger partial charge in [-0.1, -0.05) is 19.4 Å². The molecule has 110 valence electrons. The molecule has 0 spiro atoms. The molecule has 4 unspecified atom stereocenters. The van der Waals surface area contributed by atoms with E-state index in [0.717, 1.165) is 35.1 Å². The Kier molecular flexibility index (Phi) is 4.37. The fourth-order valence-electron chi connectivity index (χ4n) is 4.03. The lowest BCUT2D eigenvalue weighted by atomic mass is 9.81. The van der Waals surface area contributed by atoms with Gasteiger partial charge in [-0.2, -0.15) is 0 Å². The van der Waals surface area contributed by atoms with Crippen LogP contribution in [0.15, 0.2) is 22.7 Å². The summed E-state index contributed by atoms with van der Waals surface area (Å²) in [5.74, 6) is 3.43. The van der Waals surface area contributed by atoms with Crippen molar-refractivity contribution in [1.29, 1.82) is 0 Å². The molecule has 0 aliphatic heterocycles. The second-order valence-corrected chi connectivity index (χ2v) is 7.26. The molecule has 20 heavy (non-hydrogen) atoms. The van der Waals surface area contributed by atoms with Crippen LogP contribution in [0, 0.1) is 17.8 Å². The predicted octanol–water partition coefficient (Wildman–Crippen LogP) is 4.67. The maximum absolute atomic E-state index is 6.54. The van der Waals surface area contributed by atoms with E-state index >= 15 is 0 Å². The molecule has 2 aliphatic rings. The number of fused-ring (bicyclic) bond motifs is 2. The lowest BCUT2D eigenvalue weighted by molar-refractivity contribution is 0.284. The molecule has 4 atom stereocenters. The first-order chi connectivity index (χ1) is 9.69. The van der Waals surface area contributed by atoms with E-state index in [1.807, 2.05) is 0 Å². The van der Waals surface area contributed by atoms with E-state index in [4.69, 9.17) is 10.5 Å². The maximum atomic E-state index is 6.54. The minimum Gasteiger partial charge on any atom is -0.492 e. The second kappa shape index (κ2) is 6.07. The molecule has 2 aliphatic carbocycles. The van der Waals surface area contributed by atoms with Crippen molar-refractivity contribution in [3.8, 4) is 5.75 Å². The van der Waals surface area contributed by atoms with Crippen LogP contribution in [-0.4, -0.2) is 6.61 Å². The summed E-state index contributed by atoms with van der Waals surface area (Å²) < 4.78 is 6.74. The van der Waals surface area contributed by atoms with Crippen LogP contribution in [0.1, 0.15) is 50.6 Å². The topological polar surface area (TPSA) is 35.2 Å². The van der Waals surface area contributed by atoms with E-state index < -0.39 is 0 Å². The average Bonchev–Trinajstić information content (AvgIpc) is 3.08. The summed E-state index contributed by atoms with van der Waals surface area (Å²) in [6.07, 6.45) is 6.59. The highest BCUT2D eigenvalue weighted by molar-refractivity contribution is 9.10. The van der Waals surface area contributed by atoms with Crippen molar-refractivity contribution in [3.63, 3.8) is 0 Å². The zero-order valence-corrected chi connectivity index (χ0v) is 13.7. The van der Waals surface area contributed by atoms with Gasteiger partial charge in [0.15, 0.2) is 0 Å². The highest BCUT2D eigenvalue weighted by Gasteiger charge is 2.42. The lowest BCUT2D eigenvalue weighted by Crippen LogP contribution is -2.25. The molecule has 0 radical (unpaired) electrons. The van der Waals surface area contributed by atoms with Crippen LogP contribution in [0.2, 0.25) is 0 Å². The van der Waals surface area contributed by atoms with Crippen LogP contribution in [-0.2, 0) is 0 Å². The van der Waals surface area contributed by atoms with Gasteiger partial charge in [0.1, 0.15) is 5.75 Å². The van der Waals surface area contributed by atoms with Crippen molar-refractivity contribution in [1.82, 2.24) is 0 Å². The van der Waals surface area contributed by atoms with Crippen LogP contribution >= 0.6 is 15.9 Å². The largest absolute Gasteiger partial charge is 0.492 e. The maximum Gasteiger partial charge on any atom is 0.133 e. The fourth-order valence-corrected chi connectivity index (χ4v) is 4.55. The van der Waals surface area contributed by atoms with Crippen molar-refractivity contribution < 1.29 is 4.74 Å². The molecule has 2 nitrogen and oxygen atoms in total.